The van der Waals surface area contributed by atoms with Gasteiger partial charge in [0.25, 0.3) is 0 Å². The zero-order valence-electron chi connectivity index (χ0n) is 48.2. The zero-order chi connectivity index (χ0) is 58.3. The van der Waals surface area contributed by atoms with Gasteiger partial charge in [-0.15, -0.1) is 0 Å². The number of nitrogen functional groups attached to an aromatic ring is 1. The topological polar surface area (TPSA) is 49.9 Å². The molecule has 11 rings (SSSR count). The molecule has 11 aromatic carbocycles. The summed E-state index contributed by atoms with van der Waals surface area (Å²) in [4.78, 5) is 0. The summed E-state index contributed by atoms with van der Waals surface area (Å²) in [5, 5.41) is 5.50. The van der Waals surface area contributed by atoms with Crippen LogP contribution in [-0.2, 0) is 0 Å². The van der Waals surface area contributed by atoms with E-state index in [1.807, 2.05) is 61.5 Å². The molecule has 0 heterocycles. The summed E-state index contributed by atoms with van der Waals surface area (Å²) in [7, 11) is 0. The number of hydrogen-bond donors (Lipinski definition) is 2. The zero-order valence-corrected chi connectivity index (χ0v) is 48.2. The van der Waals surface area contributed by atoms with Gasteiger partial charge >= 0.3 is 0 Å². The van der Waals surface area contributed by atoms with Crippen molar-refractivity contribution >= 4 is 24.1 Å². The maximum Gasteiger partial charge on any atom is 0.0314 e. The molecule has 410 valence electrons. The molecule has 3 N–H and O–H groups in total. The summed E-state index contributed by atoms with van der Waals surface area (Å²) in [6.07, 6.45) is 14.9. The van der Waals surface area contributed by atoms with Crippen LogP contribution in [-0.4, -0.2) is 6.72 Å². The molecule has 11 aromatic rings. The highest BCUT2D eigenvalue weighted by molar-refractivity contribution is 5.77. The van der Waals surface area contributed by atoms with Crippen LogP contribution in [0.4, 0.5) is 5.69 Å². The fourth-order valence-electron chi connectivity index (χ4n) is 9.46. The van der Waals surface area contributed by atoms with E-state index >= 15 is 0 Å². The Morgan fingerprint density at radius 3 is 1.05 bits per heavy atom. The smallest absolute Gasteiger partial charge is 0.0314 e. The van der Waals surface area contributed by atoms with E-state index in [-0.39, 0.29) is 0 Å². The molecule has 0 amide bonds. The minimum atomic E-state index is 0.423. The number of nitrogens with one attached hydrogen (secondary N) is 1. The molecule has 0 spiro atoms. The minimum absolute atomic E-state index is 0.423. The van der Waals surface area contributed by atoms with Gasteiger partial charge in [-0.1, -0.05) is 347 Å². The van der Waals surface area contributed by atoms with Crippen molar-refractivity contribution < 1.29 is 0 Å². The van der Waals surface area contributed by atoms with E-state index < -0.39 is 0 Å². The summed E-state index contributed by atoms with van der Waals surface area (Å²) in [6.45, 7) is 12.6. The SMILES string of the molecule is C=C/C=C(\C=C/C)c1ccc(-c2ccccc2)cc1.C=N.CCCC(/C=C/c1ccc(-c2ccc(N)cc2)cc1)c1ccc(-c2ccccc2)cc1.Cc1ccc(-c2ccccc2)cc1.c1ccc(-c2ccc(-c3ccccc3)cc2)cc1. The summed E-state index contributed by atoms with van der Waals surface area (Å²) in [6, 6.07) is 104. The van der Waals surface area contributed by atoms with Gasteiger partial charge in [0.2, 0.25) is 0 Å². The molecule has 0 saturated carbocycles. The Hall–Kier alpha value is -10.2. The maximum absolute atomic E-state index is 5.80. The van der Waals surface area contributed by atoms with E-state index in [0.717, 1.165) is 18.5 Å². The van der Waals surface area contributed by atoms with E-state index in [4.69, 9.17) is 11.1 Å². The van der Waals surface area contributed by atoms with Crippen molar-refractivity contribution in [1.82, 2.24) is 0 Å². The van der Waals surface area contributed by atoms with Crippen LogP contribution in [0.25, 0.3) is 78.4 Å². The van der Waals surface area contributed by atoms with Gasteiger partial charge in [-0.25, -0.2) is 0 Å². The lowest BCUT2D eigenvalue weighted by Crippen LogP contribution is -1.95. The lowest BCUT2D eigenvalue weighted by molar-refractivity contribution is 0.719. The van der Waals surface area contributed by atoms with Crippen molar-refractivity contribution in [1.29, 1.82) is 5.41 Å². The molecule has 2 nitrogen and oxygen atoms in total. The van der Waals surface area contributed by atoms with Crippen molar-refractivity contribution in [2.24, 2.45) is 0 Å². The van der Waals surface area contributed by atoms with Crippen LogP contribution in [0.2, 0.25) is 0 Å². The predicted molar refractivity (Wildman–Crippen MR) is 363 cm³/mol. The number of aryl methyl sites for hydroxylation is 1. The molecule has 0 aliphatic carbocycles. The number of allylic oxidation sites excluding steroid dienone is 6. The van der Waals surface area contributed by atoms with E-state index in [1.54, 1.807) is 0 Å². The fourth-order valence-corrected chi connectivity index (χ4v) is 9.46. The number of anilines is 1. The average molecular weight is 1080 g/mol. The largest absolute Gasteiger partial charge is 0.399 e. The first-order valence-electron chi connectivity index (χ1n) is 28.5. The third kappa shape index (κ3) is 19.0. The Kier molecular flexibility index (Phi) is 24.4. The number of hydrogen-bond acceptors (Lipinski definition) is 2. The first kappa shape index (κ1) is 60.5. The average Bonchev–Trinajstić information content (AvgIpc) is 3.63. The molecular formula is C81H76N2. The number of benzene rings is 11. The van der Waals surface area contributed by atoms with Crippen molar-refractivity contribution in [3.8, 4) is 66.8 Å². The summed E-state index contributed by atoms with van der Waals surface area (Å²) in [5.74, 6) is 0.423. The Bertz CT molecular complexity index is 3600. The number of rotatable bonds is 14. The van der Waals surface area contributed by atoms with Gasteiger partial charge in [-0.2, -0.15) is 0 Å². The molecule has 0 bridgehead atoms. The van der Waals surface area contributed by atoms with Crippen LogP contribution in [0.15, 0.2) is 334 Å². The molecule has 0 fully saturated rings. The van der Waals surface area contributed by atoms with Crippen molar-refractivity contribution in [3.05, 3.63) is 356 Å². The third-order valence-electron chi connectivity index (χ3n) is 13.9. The molecular weight excluding hydrogens is 1000 g/mol. The minimum Gasteiger partial charge on any atom is -0.399 e. The molecule has 0 saturated heterocycles. The van der Waals surface area contributed by atoms with E-state index in [0.29, 0.717) is 5.92 Å². The van der Waals surface area contributed by atoms with E-state index in [2.05, 4.69) is 306 Å². The van der Waals surface area contributed by atoms with Crippen molar-refractivity contribution in [3.63, 3.8) is 0 Å². The normalized spacial score (nSPS) is 11.0. The van der Waals surface area contributed by atoms with Crippen LogP contribution < -0.4 is 5.73 Å². The highest BCUT2D eigenvalue weighted by Crippen LogP contribution is 2.30. The maximum atomic E-state index is 5.80. The van der Waals surface area contributed by atoms with Gasteiger partial charge in [0.05, 0.1) is 0 Å². The van der Waals surface area contributed by atoms with Gasteiger partial charge in [0.1, 0.15) is 0 Å². The molecule has 2 heteroatoms. The molecule has 0 aromatic heterocycles. The highest BCUT2D eigenvalue weighted by Gasteiger charge is 2.09. The summed E-state index contributed by atoms with van der Waals surface area (Å²) in [5.41, 5.74) is 27.9. The predicted octanol–water partition coefficient (Wildman–Crippen LogP) is 22.6. The summed E-state index contributed by atoms with van der Waals surface area (Å²) < 4.78 is 0. The first-order chi connectivity index (χ1) is 40.9. The van der Waals surface area contributed by atoms with Gasteiger partial charge in [0.15, 0.2) is 0 Å². The molecule has 1 atom stereocenters. The lowest BCUT2D eigenvalue weighted by atomic mass is 9.91. The molecule has 83 heavy (non-hydrogen) atoms. The molecule has 0 aliphatic heterocycles. The summed E-state index contributed by atoms with van der Waals surface area (Å²) >= 11 is 0. The quantitative estimate of drug-likeness (QED) is 0.0636. The van der Waals surface area contributed by atoms with Crippen LogP contribution in [0.3, 0.4) is 0 Å². The Balaban J connectivity index is 0.000000165. The Morgan fingerprint density at radius 1 is 0.410 bits per heavy atom. The molecule has 0 radical (unpaired) electrons. The van der Waals surface area contributed by atoms with E-state index in [1.165, 1.54) is 94.6 Å². The monoisotopic (exact) mass is 1080 g/mol. The van der Waals surface area contributed by atoms with Crippen LogP contribution in [0.1, 0.15) is 54.9 Å². The first-order valence-corrected chi connectivity index (χ1v) is 28.5. The van der Waals surface area contributed by atoms with Crippen LogP contribution in [0, 0.1) is 12.3 Å². The lowest BCUT2D eigenvalue weighted by Gasteiger charge is -2.13. The van der Waals surface area contributed by atoms with Gasteiger partial charge < -0.3 is 11.1 Å². The highest BCUT2D eigenvalue weighted by atomic mass is 14.5. The van der Waals surface area contributed by atoms with Gasteiger partial charge in [-0.3, -0.25) is 0 Å². The fraction of sp³-hybridized carbons (Fsp3) is 0.0741. The molecule has 0 aliphatic rings. The van der Waals surface area contributed by atoms with Crippen LogP contribution in [0.5, 0.6) is 0 Å². The van der Waals surface area contributed by atoms with E-state index in [9.17, 15) is 0 Å². The Labute approximate surface area is 495 Å². The van der Waals surface area contributed by atoms with Crippen molar-refractivity contribution in [2.75, 3.05) is 5.73 Å². The second-order valence-electron chi connectivity index (χ2n) is 19.8. The van der Waals surface area contributed by atoms with Crippen molar-refractivity contribution in [2.45, 2.75) is 39.5 Å². The van der Waals surface area contributed by atoms with Gasteiger partial charge in [0, 0.05) is 11.6 Å². The standard InChI is InChI=1S/C30H29N.C19H18.C18H14.C13H12.CH3N/c1-2-6-24(27-15-17-28(18-16-27)25-7-4-3-5-8-25)12-9-23-10-13-26(14-11-23)29-19-21-30(31)22-20-29;1-3-8-16(9-4-2)18-12-14-19(15-13-18)17-10-6-5-7-11-17;1-3-7-15(8-4-1)17-11-13-18(14-12-17)16-9-5-2-6-10-16;1-11-7-9-13(10-8-11)12-5-3-2-4-6-12;1-2/h3-5,7-22,24H,2,6,31H2,1H3;3-15H,1H2,2H3;1-14H;2-10H,1H3;2H,1H2/b12-9+;9-4-,16-8+;;;. The second kappa shape index (κ2) is 33.4. The van der Waals surface area contributed by atoms with Crippen LogP contribution >= 0.6 is 0 Å². The third-order valence-corrected chi connectivity index (χ3v) is 13.9. The number of nitrogens with two attached hydrogens (primary N) is 1. The van der Waals surface area contributed by atoms with Gasteiger partial charge in [-0.05, 0) is 128 Å². The Morgan fingerprint density at radius 2 is 0.711 bits per heavy atom. The molecule has 1 unspecified atom stereocenters. The second-order valence-corrected chi connectivity index (χ2v) is 19.8.